The lowest BCUT2D eigenvalue weighted by molar-refractivity contribution is -0.116. The third-order valence-electron chi connectivity index (χ3n) is 1.96. The second-order valence-corrected chi connectivity index (χ2v) is 4.21. The van der Waals surface area contributed by atoms with Crippen molar-refractivity contribution in [1.29, 1.82) is 0 Å². The average Bonchev–Trinajstić information content (AvgIpc) is 2.14. The van der Waals surface area contributed by atoms with E-state index in [2.05, 4.69) is 5.32 Å². The molecular formula is C11H13Cl2NO. The smallest absolute Gasteiger partial charge is 0.143 e. The second-order valence-electron chi connectivity index (χ2n) is 3.36. The molecular weight excluding hydrogens is 233 g/mol. The van der Waals surface area contributed by atoms with Crippen LogP contribution in [0.5, 0.6) is 0 Å². The van der Waals surface area contributed by atoms with Gasteiger partial charge >= 0.3 is 0 Å². The number of hydrogen-bond donors (Lipinski definition) is 1. The van der Waals surface area contributed by atoms with Crippen LogP contribution in [-0.2, 0) is 11.2 Å². The fourth-order valence-corrected chi connectivity index (χ4v) is 1.71. The lowest BCUT2D eigenvalue weighted by Crippen LogP contribution is -2.23. The Labute approximate surface area is 99.6 Å². The molecule has 0 amide bonds. The first-order valence-electron chi connectivity index (χ1n) is 4.73. The van der Waals surface area contributed by atoms with Gasteiger partial charge < -0.3 is 5.32 Å². The fourth-order valence-electron chi connectivity index (χ4n) is 1.21. The van der Waals surface area contributed by atoms with Crippen LogP contribution in [0.2, 0.25) is 10.0 Å². The Morgan fingerprint density at radius 1 is 1.40 bits per heavy atom. The highest BCUT2D eigenvalue weighted by atomic mass is 35.5. The first kappa shape index (κ1) is 12.5. The fraction of sp³-hybridized carbons (Fsp3) is 0.364. The summed E-state index contributed by atoms with van der Waals surface area (Å²) >= 11 is 11.8. The highest BCUT2D eigenvalue weighted by Crippen LogP contribution is 2.20. The van der Waals surface area contributed by atoms with E-state index in [0.717, 1.165) is 18.5 Å². The molecule has 0 aromatic heterocycles. The van der Waals surface area contributed by atoms with Gasteiger partial charge in [0.1, 0.15) is 5.78 Å². The van der Waals surface area contributed by atoms with E-state index < -0.39 is 0 Å². The monoisotopic (exact) mass is 245 g/mol. The average molecular weight is 246 g/mol. The molecule has 0 fully saturated rings. The lowest BCUT2D eigenvalue weighted by Gasteiger charge is -2.05. The Bertz CT molecular complexity index is 352. The topological polar surface area (TPSA) is 29.1 Å². The molecule has 1 aromatic carbocycles. The van der Waals surface area contributed by atoms with E-state index in [1.165, 1.54) is 0 Å². The van der Waals surface area contributed by atoms with E-state index in [0.29, 0.717) is 16.6 Å². The van der Waals surface area contributed by atoms with Crippen molar-refractivity contribution in [1.82, 2.24) is 5.32 Å². The van der Waals surface area contributed by atoms with E-state index in [-0.39, 0.29) is 5.78 Å². The predicted octanol–water partition coefficient (Wildman–Crippen LogP) is 2.71. The van der Waals surface area contributed by atoms with Crippen molar-refractivity contribution in [3.05, 3.63) is 33.8 Å². The SMILES string of the molecule is CC(=O)CNCCc1ccc(Cl)cc1Cl. The van der Waals surface area contributed by atoms with Gasteiger partial charge in [0, 0.05) is 10.0 Å². The Hall–Kier alpha value is -0.570. The van der Waals surface area contributed by atoms with Crippen molar-refractivity contribution in [2.24, 2.45) is 0 Å². The number of benzene rings is 1. The molecule has 82 valence electrons. The van der Waals surface area contributed by atoms with Gasteiger partial charge in [-0.1, -0.05) is 29.3 Å². The number of hydrogen-bond acceptors (Lipinski definition) is 2. The number of ketones is 1. The van der Waals surface area contributed by atoms with Crippen LogP contribution in [0.25, 0.3) is 0 Å². The molecule has 15 heavy (non-hydrogen) atoms. The largest absolute Gasteiger partial charge is 0.310 e. The number of nitrogens with one attached hydrogen (secondary N) is 1. The van der Waals surface area contributed by atoms with Gasteiger partial charge in [-0.05, 0) is 37.6 Å². The van der Waals surface area contributed by atoms with Crippen molar-refractivity contribution >= 4 is 29.0 Å². The Kier molecular flexibility index (Phi) is 5.09. The minimum absolute atomic E-state index is 0.136. The van der Waals surface area contributed by atoms with E-state index in [4.69, 9.17) is 23.2 Å². The van der Waals surface area contributed by atoms with Crippen molar-refractivity contribution in [2.75, 3.05) is 13.1 Å². The van der Waals surface area contributed by atoms with Gasteiger partial charge in [0.2, 0.25) is 0 Å². The highest BCUT2D eigenvalue weighted by Gasteiger charge is 2.01. The molecule has 0 radical (unpaired) electrons. The number of carbonyl (C=O) groups is 1. The summed E-state index contributed by atoms with van der Waals surface area (Å²) in [6.07, 6.45) is 0.795. The van der Waals surface area contributed by atoms with E-state index in [9.17, 15) is 4.79 Å². The highest BCUT2D eigenvalue weighted by molar-refractivity contribution is 6.35. The van der Waals surface area contributed by atoms with Gasteiger partial charge in [-0.15, -0.1) is 0 Å². The minimum Gasteiger partial charge on any atom is -0.310 e. The van der Waals surface area contributed by atoms with Crippen LogP contribution < -0.4 is 5.32 Å². The molecule has 0 saturated carbocycles. The molecule has 1 N–H and O–H groups in total. The molecule has 1 aromatic rings. The number of halogens is 2. The van der Waals surface area contributed by atoms with E-state index in [1.807, 2.05) is 12.1 Å². The van der Waals surface area contributed by atoms with Crippen LogP contribution in [0.3, 0.4) is 0 Å². The molecule has 0 saturated heterocycles. The van der Waals surface area contributed by atoms with Crippen molar-refractivity contribution in [3.8, 4) is 0 Å². The summed E-state index contributed by atoms with van der Waals surface area (Å²) in [5.74, 6) is 0.136. The standard InChI is InChI=1S/C11H13Cl2NO/c1-8(15)7-14-5-4-9-2-3-10(12)6-11(9)13/h2-3,6,14H,4-5,7H2,1H3. The molecule has 0 heterocycles. The Morgan fingerprint density at radius 3 is 2.73 bits per heavy atom. The molecule has 1 rings (SSSR count). The van der Waals surface area contributed by atoms with Gasteiger partial charge in [0.05, 0.1) is 6.54 Å². The maximum atomic E-state index is 10.7. The van der Waals surface area contributed by atoms with Crippen LogP contribution in [0.15, 0.2) is 18.2 Å². The molecule has 0 spiro atoms. The maximum absolute atomic E-state index is 10.7. The zero-order chi connectivity index (χ0) is 11.3. The van der Waals surface area contributed by atoms with Gasteiger partial charge in [0.15, 0.2) is 0 Å². The van der Waals surface area contributed by atoms with Crippen LogP contribution >= 0.6 is 23.2 Å². The Morgan fingerprint density at radius 2 is 2.13 bits per heavy atom. The summed E-state index contributed by atoms with van der Waals surface area (Å²) in [4.78, 5) is 10.7. The molecule has 0 aliphatic rings. The molecule has 0 atom stereocenters. The lowest BCUT2D eigenvalue weighted by atomic mass is 10.1. The van der Waals surface area contributed by atoms with Crippen molar-refractivity contribution in [2.45, 2.75) is 13.3 Å². The van der Waals surface area contributed by atoms with Crippen LogP contribution in [0.1, 0.15) is 12.5 Å². The molecule has 2 nitrogen and oxygen atoms in total. The zero-order valence-corrected chi connectivity index (χ0v) is 10.0. The van der Waals surface area contributed by atoms with Crippen molar-refractivity contribution < 1.29 is 4.79 Å². The molecule has 0 unspecified atom stereocenters. The molecule has 0 aliphatic heterocycles. The summed E-state index contributed by atoms with van der Waals surface area (Å²) in [6.45, 7) is 2.70. The van der Waals surface area contributed by atoms with Crippen LogP contribution in [0, 0.1) is 0 Å². The summed E-state index contributed by atoms with van der Waals surface area (Å²) in [6, 6.07) is 5.44. The predicted molar refractivity (Wildman–Crippen MR) is 63.7 cm³/mol. The van der Waals surface area contributed by atoms with E-state index in [1.54, 1.807) is 13.0 Å². The summed E-state index contributed by atoms with van der Waals surface area (Å²) in [5.41, 5.74) is 1.04. The number of carbonyl (C=O) groups excluding carboxylic acids is 1. The number of rotatable bonds is 5. The van der Waals surface area contributed by atoms with Crippen LogP contribution in [-0.4, -0.2) is 18.9 Å². The summed E-state index contributed by atoms with van der Waals surface area (Å²) < 4.78 is 0. The first-order valence-corrected chi connectivity index (χ1v) is 5.49. The Balaban J connectivity index is 2.40. The van der Waals surface area contributed by atoms with Gasteiger partial charge in [0.25, 0.3) is 0 Å². The van der Waals surface area contributed by atoms with Gasteiger partial charge in [-0.25, -0.2) is 0 Å². The third kappa shape index (κ3) is 4.65. The second kappa shape index (κ2) is 6.11. The first-order chi connectivity index (χ1) is 7.09. The van der Waals surface area contributed by atoms with Gasteiger partial charge in [-0.3, -0.25) is 4.79 Å². The number of Topliss-reactive ketones (excluding diaryl/α,β-unsaturated/α-hetero) is 1. The van der Waals surface area contributed by atoms with E-state index >= 15 is 0 Å². The quantitative estimate of drug-likeness (QED) is 0.809. The maximum Gasteiger partial charge on any atom is 0.143 e. The van der Waals surface area contributed by atoms with Crippen LogP contribution in [0.4, 0.5) is 0 Å². The molecule has 4 heteroatoms. The zero-order valence-electron chi connectivity index (χ0n) is 8.52. The summed E-state index contributed by atoms with van der Waals surface area (Å²) in [5, 5.41) is 4.35. The molecule has 0 aliphatic carbocycles. The van der Waals surface area contributed by atoms with Crippen molar-refractivity contribution in [3.63, 3.8) is 0 Å². The van der Waals surface area contributed by atoms with Gasteiger partial charge in [-0.2, -0.15) is 0 Å². The normalized spacial score (nSPS) is 10.3. The molecule has 0 bridgehead atoms. The minimum atomic E-state index is 0.136. The summed E-state index contributed by atoms with van der Waals surface area (Å²) in [7, 11) is 0. The third-order valence-corrected chi connectivity index (χ3v) is 2.55.